The number of fused-ring (bicyclic) bond motifs is 1. The lowest BCUT2D eigenvalue weighted by atomic mass is 10.2. The number of para-hydroxylation sites is 1. The Morgan fingerprint density at radius 2 is 1.92 bits per heavy atom. The second-order valence-electron chi connectivity index (χ2n) is 4.83. The molecule has 0 saturated carbocycles. The van der Waals surface area contributed by atoms with Crippen LogP contribution in [0.25, 0.3) is 11.0 Å². The molecule has 3 rings (SSSR count). The minimum atomic E-state index is -0.971. The van der Waals surface area contributed by atoms with E-state index in [9.17, 15) is 24.1 Å². The van der Waals surface area contributed by atoms with Gasteiger partial charge in [-0.2, -0.15) is 0 Å². The SMILES string of the molecule is O=C(Nc1cc2cccc([N+](=O)[O-])c2oc1=O)c1ccccc1F. The molecule has 0 radical (unpaired) electrons. The molecule has 3 aromatic rings. The molecule has 0 unspecified atom stereocenters. The van der Waals surface area contributed by atoms with Crippen LogP contribution in [0.15, 0.2) is 57.7 Å². The lowest BCUT2D eigenvalue weighted by Gasteiger charge is -2.06. The van der Waals surface area contributed by atoms with Crippen molar-refractivity contribution in [2.24, 2.45) is 0 Å². The number of amides is 1. The van der Waals surface area contributed by atoms with Gasteiger partial charge in [-0.1, -0.05) is 24.3 Å². The number of halogens is 1. The highest BCUT2D eigenvalue weighted by Gasteiger charge is 2.18. The molecule has 24 heavy (non-hydrogen) atoms. The summed E-state index contributed by atoms with van der Waals surface area (Å²) in [4.78, 5) is 34.3. The molecular weight excluding hydrogens is 319 g/mol. The zero-order valence-electron chi connectivity index (χ0n) is 12.0. The first-order valence-electron chi connectivity index (χ1n) is 6.74. The molecule has 0 spiro atoms. The third-order valence-corrected chi connectivity index (χ3v) is 3.30. The van der Waals surface area contributed by atoms with E-state index >= 15 is 0 Å². The zero-order chi connectivity index (χ0) is 17.3. The summed E-state index contributed by atoms with van der Waals surface area (Å²) in [5, 5.41) is 13.5. The first-order chi connectivity index (χ1) is 11.5. The van der Waals surface area contributed by atoms with Crippen molar-refractivity contribution in [2.75, 3.05) is 5.32 Å². The van der Waals surface area contributed by atoms with E-state index in [0.717, 1.165) is 6.07 Å². The van der Waals surface area contributed by atoms with Gasteiger partial charge >= 0.3 is 11.3 Å². The Balaban J connectivity index is 2.04. The van der Waals surface area contributed by atoms with Crippen LogP contribution in [-0.2, 0) is 0 Å². The molecule has 1 aromatic heterocycles. The summed E-state index contributed by atoms with van der Waals surface area (Å²) in [6.07, 6.45) is 0. The number of nitro groups is 1. The minimum Gasteiger partial charge on any atom is -0.414 e. The highest BCUT2D eigenvalue weighted by atomic mass is 19.1. The van der Waals surface area contributed by atoms with Crippen LogP contribution in [0.1, 0.15) is 10.4 Å². The second-order valence-corrected chi connectivity index (χ2v) is 4.83. The number of hydrogen-bond donors (Lipinski definition) is 1. The van der Waals surface area contributed by atoms with E-state index in [-0.39, 0.29) is 27.9 Å². The van der Waals surface area contributed by atoms with Crippen LogP contribution >= 0.6 is 0 Å². The summed E-state index contributed by atoms with van der Waals surface area (Å²) < 4.78 is 18.5. The Hall–Kier alpha value is -3.55. The number of benzene rings is 2. The Morgan fingerprint density at radius 3 is 2.62 bits per heavy atom. The summed E-state index contributed by atoms with van der Waals surface area (Å²) in [5.41, 5.74) is -2.01. The van der Waals surface area contributed by atoms with Crippen LogP contribution in [0.3, 0.4) is 0 Å². The van der Waals surface area contributed by atoms with Crippen LogP contribution in [0, 0.1) is 15.9 Å². The maximum absolute atomic E-state index is 13.6. The maximum atomic E-state index is 13.6. The Bertz CT molecular complexity index is 1030. The lowest BCUT2D eigenvalue weighted by molar-refractivity contribution is -0.383. The number of nitrogens with zero attached hydrogens (tertiary/aromatic N) is 1. The number of anilines is 1. The Labute approximate surface area is 133 Å². The van der Waals surface area contributed by atoms with Gasteiger partial charge in [-0.25, -0.2) is 9.18 Å². The molecule has 0 saturated heterocycles. The van der Waals surface area contributed by atoms with Gasteiger partial charge in [0.1, 0.15) is 11.5 Å². The number of carbonyl (C=O) groups excluding carboxylic acids is 1. The number of nitrogens with one attached hydrogen (secondary N) is 1. The number of carbonyl (C=O) groups is 1. The Morgan fingerprint density at radius 1 is 1.17 bits per heavy atom. The van der Waals surface area contributed by atoms with Gasteiger partial charge in [0.25, 0.3) is 5.91 Å². The highest BCUT2D eigenvalue weighted by Crippen LogP contribution is 2.25. The fourth-order valence-corrected chi connectivity index (χ4v) is 2.20. The molecule has 8 heteroatoms. The van der Waals surface area contributed by atoms with Gasteiger partial charge in [0.15, 0.2) is 0 Å². The number of rotatable bonds is 3. The number of non-ortho nitro benzene ring substituents is 1. The molecule has 1 N–H and O–H groups in total. The molecule has 0 bridgehead atoms. The van der Waals surface area contributed by atoms with Crippen molar-refractivity contribution in [1.29, 1.82) is 0 Å². The molecule has 1 heterocycles. The minimum absolute atomic E-state index is 0.198. The average Bonchev–Trinajstić information content (AvgIpc) is 2.55. The van der Waals surface area contributed by atoms with Crippen LogP contribution < -0.4 is 10.9 Å². The summed E-state index contributed by atoms with van der Waals surface area (Å²) in [5.74, 6) is -1.57. The second kappa shape index (κ2) is 5.92. The monoisotopic (exact) mass is 328 g/mol. The van der Waals surface area contributed by atoms with E-state index in [4.69, 9.17) is 4.42 Å². The Kier molecular flexibility index (Phi) is 3.78. The van der Waals surface area contributed by atoms with Gasteiger partial charge in [0.2, 0.25) is 5.58 Å². The van der Waals surface area contributed by atoms with Crippen molar-refractivity contribution < 1.29 is 18.5 Å². The van der Waals surface area contributed by atoms with E-state index in [1.165, 1.54) is 42.5 Å². The van der Waals surface area contributed by atoms with Crippen LogP contribution in [0.2, 0.25) is 0 Å². The smallest absolute Gasteiger partial charge is 0.360 e. The van der Waals surface area contributed by atoms with E-state index < -0.39 is 22.3 Å². The van der Waals surface area contributed by atoms with Gasteiger partial charge in [-0.05, 0) is 18.2 Å². The summed E-state index contributed by atoms with van der Waals surface area (Å²) in [6, 6.07) is 10.6. The first-order valence-corrected chi connectivity index (χ1v) is 6.74. The largest absolute Gasteiger partial charge is 0.414 e. The molecule has 0 fully saturated rings. The molecule has 0 aliphatic heterocycles. The maximum Gasteiger partial charge on any atom is 0.360 e. The van der Waals surface area contributed by atoms with E-state index in [2.05, 4.69) is 5.32 Å². The molecule has 0 aliphatic rings. The fraction of sp³-hybridized carbons (Fsp3) is 0. The molecule has 0 aliphatic carbocycles. The standard InChI is InChI=1S/C16H9FN2O5/c17-11-6-2-1-5-10(11)15(20)18-12-8-9-4-3-7-13(19(22)23)14(9)24-16(12)21/h1-8H,(H,18,20). The van der Waals surface area contributed by atoms with Crippen molar-refractivity contribution in [3.63, 3.8) is 0 Å². The summed E-state index contributed by atoms with van der Waals surface area (Å²) in [7, 11) is 0. The van der Waals surface area contributed by atoms with Gasteiger partial charge in [0.05, 0.1) is 10.5 Å². The van der Waals surface area contributed by atoms with E-state index in [0.29, 0.717) is 0 Å². The van der Waals surface area contributed by atoms with Crippen molar-refractivity contribution in [3.05, 3.63) is 80.4 Å². The highest BCUT2D eigenvalue weighted by molar-refractivity contribution is 6.05. The molecule has 1 amide bonds. The van der Waals surface area contributed by atoms with Crippen LogP contribution in [0.5, 0.6) is 0 Å². The first kappa shape index (κ1) is 15.3. The van der Waals surface area contributed by atoms with E-state index in [1.807, 2.05) is 0 Å². The normalized spacial score (nSPS) is 10.5. The molecular formula is C16H9FN2O5. The average molecular weight is 328 g/mol. The predicted molar refractivity (Wildman–Crippen MR) is 83.5 cm³/mol. The number of nitro benzene ring substituents is 1. The third kappa shape index (κ3) is 2.72. The quantitative estimate of drug-likeness (QED) is 0.452. The molecule has 7 nitrogen and oxygen atoms in total. The third-order valence-electron chi connectivity index (χ3n) is 3.30. The summed E-state index contributed by atoms with van der Waals surface area (Å²) >= 11 is 0. The van der Waals surface area contributed by atoms with Crippen LogP contribution in [0.4, 0.5) is 15.8 Å². The lowest BCUT2D eigenvalue weighted by Crippen LogP contribution is -2.19. The number of hydrogen-bond acceptors (Lipinski definition) is 5. The van der Waals surface area contributed by atoms with Gasteiger partial charge < -0.3 is 9.73 Å². The summed E-state index contributed by atoms with van der Waals surface area (Å²) in [6.45, 7) is 0. The molecule has 0 atom stereocenters. The van der Waals surface area contributed by atoms with Gasteiger partial charge in [0, 0.05) is 11.5 Å². The van der Waals surface area contributed by atoms with Gasteiger partial charge in [-0.3, -0.25) is 14.9 Å². The van der Waals surface area contributed by atoms with E-state index in [1.54, 1.807) is 0 Å². The molecule has 120 valence electrons. The molecule has 2 aromatic carbocycles. The van der Waals surface area contributed by atoms with Crippen molar-refractivity contribution in [3.8, 4) is 0 Å². The van der Waals surface area contributed by atoms with Crippen molar-refractivity contribution >= 4 is 28.3 Å². The fourth-order valence-electron chi connectivity index (χ4n) is 2.20. The van der Waals surface area contributed by atoms with Crippen molar-refractivity contribution in [1.82, 2.24) is 0 Å². The van der Waals surface area contributed by atoms with Gasteiger partial charge in [-0.15, -0.1) is 0 Å². The predicted octanol–water partition coefficient (Wildman–Crippen LogP) is 3.09. The topological polar surface area (TPSA) is 102 Å². The van der Waals surface area contributed by atoms with Crippen molar-refractivity contribution in [2.45, 2.75) is 0 Å². The zero-order valence-corrected chi connectivity index (χ0v) is 12.0. The van der Waals surface area contributed by atoms with Crippen LogP contribution in [-0.4, -0.2) is 10.8 Å².